The van der Waals surface area contributed by atoms with Gasteiger partial charge in [0, 0.05) is 16.1 Å². The molecular weight excluding hydrogens is 334 g/mol. The summed E-state index contributed by atoms with van der Waals surface area (Å²) in [5, 5.41) is 7.03. The van der Waals surface area contributed by atoms with Crippen LogP contribution in [0.3, 0.4) is 0 Å². The van der Waals surface area contributed by atoms with Gasteiger partial charge in [0.25, 0.3) is 5.56 Å². The molecule has 132 valence electrons. The molecule has 1 unspecified atom stereocenters. The quantitative estimate of drug-likeness (QED) is 0.736. The Hall–Kier alpha value is -1.99. The third kappa shape index (κ3) is 2.62. The molecule has 0 spiro atoms. The zero-order chi connectivity index (χ0) is 16.3. The fourth-order valence-electron chi connectivity index (χ4n) is 4.10. The van der Waals surface area contributed by atoms with Crippen LogP contribution < -0.4 is 5.56 Å². The highest BCUT2D eigenvalue weighted by atomic mass is 32.1. The molecule has 3 saturated heterocycles. The first kappa shape index (κ1) is 16.5. The molecule has 0 saturated carbocycles. The molecule has 2 bridgehead atoms. The third-order valence-electron chi connectivity index (χ3n) is 5.46. The molecule has 3 fully saturated rings. The van der Waals surface area contributed by atoms with Crippen LogP contribution in [0, 0.1) is 12.8 Å². The van der Waals surface area contributed by atoms with E-state index < -0.39 is 0 Å². The lowest BCUT2D eigenvalue weighted by Crippen LogP contribution is -2.44. The van der Waals surface area contributed by atoms with E-state index in [1.807, 2.05) is 13.0 Å². The molecule has 1 atom stereocenters. The summed E-state index contributed by atoms with van der Waals surface area (Å²) in [7, 11) is 0. The van der Waals surface area contributed by atoms with Gasteiger partial charge in [0.05, 0.1) is 17.8 Å². The van der Waals surface area contributed by atoms with Crippen LogP contribution in [0.2, 0.25) is 0 Å². The highest BCUT2D eigenvalue weighted by Crippen LogP contribution is 2.40. The number of nitrogens with one attached hydrogen (secondary N) is 2. The lowest BCUT2D eigenvalue weighted by molar-refractivity contribution is 0.0445. The molecule has 2 N–H and O–H groups in total. The molecule has 0 aromatic carbocycles. The molecule has 7 heteroatoms. The summed E-state index contributed by atoms with van der Waals surface area (Å²) >= 11 is 1.49. The van der Waals surface area contributed by atoms with Gasteiger partial charge >= 0.3 is 0 Å². The van der Waals surface area contributed by atoms with Gasteiger partial charge in [-0.05, 0) is 51.3 Å². The SMILES string of the molecule is C.Cc1[nH]ncc1-c1cc2nc(C3CC4CCN3CC4)[nH]c(=O)c2s1. The standard InChI is InChI=1S/C17H19N5OS.CH4/c1-9-11(8-18-21-9)14-7-12-15(24-14)17(23)20-16(19-12)13-6-10-2-4-22(13)5-3-10;/h7-8,10,13H,2-6H2,1H3,(H,18,21)(H,19,20,23);1H4. The summed E-state index contributed by atoms with van der Waals surface area (Å²) in [5.74, 6) is 1.62. The van der Waals surface area contributed by atoms with Gasteiger partial charge in [-0.3, -0.25) is 14.8 Å². The lowest BCUT2D eigenvalue weighted by Gasteiger charge is -2.44. The topological polar surface area (TPSA) is 77.7 Å². The van der Waals surface area contributed by atoms with Crippen LogP contribution in [0.25, 0.3) is 20.7 Å². The van der Waals surface area contributed by atoms with E-state index in [4.69, 9.17) is 4.98 Å². The van der Waals surface area contributed by atoms with E-state index >= 15 is 0 Å². The smallest absolute Gasteiger partial charge is 0.268 e. The van der Waals surface area contributed by atoms with Gasteiger partial charge < -0.3 is 4.98 Å². The van der Waals surface area contributed by atoms with Crippen molar-refractivity contribution in [3.05, 3.63) is 34.1 Å². The van der Waals surface area contributed by atoms with E-state index in [0.717, 1.165) is 52.9 Å². The summed E-state index contributed by atoms with van der Waals surface area (Å²) in [6.45, 7) is 4.24. The van der Waals surface area contributed by atoms with E-state index in [1.165, 1.54) is 24.2 Å². The first-order valence-corrected chi connectivity index (χ1v) is 9.29. The molecule has 0 radical (unpaired) electrons. The fourth-order valence-corrected chi connectivity index (χ4v) is 5.16. The Balaban J connectivity index is 0.00000157. The van der Waals surface area contributed by atoms with Gasteiger partial charge in [0.1, 0.15) is 10.5 Å². The van der Waals surface area contributed by atoms with Crippen molar-refractivity contribution in [2.24, 2.45) is 5.92 Å². The number of hydrogen-bond acceptors (Lipinski definition) is 5. The predicted molar refractivity (Wildman–Crippen MR) is 101 cm³/mol. The number of rotatable bonds is 2. The molecule has 3 aliphatic rings. The van der Waals surface area contributed by atoms with Crippen LogP contribution in [0.15, 0.2) is 17.1 Å². The zero-order valence-electron chi connectivity index (χ0n) is 13.5. The Kier molecular flexibility index (Phi) is 4.00. The summed E-state index contributed by atoms with van der Waals surface area (Å²) in [6.07, 6.45) is 5.49. The van der Waals surface area contributed by atoms with Gasteiger partial charge in [-0.15, -0.1) is 11.3 Å². The first-order chi connectivity index (χ1) is 11.7. The van der Waals surface area contributed by atoms with Crippen LogP contribution in [-0.2, 0) is 0 Å². The minimum atomic E-state index is -0.0185. The van der Waals surface area contributed by atoms with Gasteiger partial charge in [0.2, 0.25) is 0 Å². The zero-order valence-corrected chi connectivity index (χ0v) is 14.3. The fraction of sp³-hybridized carbons (Fsp3) is 0.500. The second kappa shape index (κ2) is 6.07. The summed E-state index contributed by atoms with van der Waals surface area (Å²) in [6, 6.07) is 2.29. The van der Waals surface area contributed by atoms with Crippen LogP contribution in [0.1, 0.15) is 44.2 Å². The number of H-pyrrole nitrogens is 2. The molecular formula is C18H23N5OS. The van der Waals surface area contributed by atoms with Crippen molar-refractivity contribution < 1.29 is 0 Å². The highest BCUT2D eigenvalue weighted by molar-refractivity contribution is 7.22. The molecule has 25 heavy (non-hydrogen) atoms. The van der Waals surface area contributed by atoms with Gasteiger partial charge in [-0.25, -0.2) is 4.98 Å². The maximum atomic E-state index is 12.6. The van der Waals surface area contributed by atoms with Crippen molar-refractivity contribution in [2.45, 2.75) is 39.7 Å². The lowest BCUT2D eigenvalue weighted by atomic mass is 9.83. The molecule has 3 aromatic rings. The van der Waals surface area contributed by atoms with Crippen molar-refractivity contribution in [2.75, 3.05) is 13.1 Å². The minimum absolute atomic E-state index is 0. The predicted octanol–water partition coefficient (Wildman–Crippen LogP) is 3.48. The van der Waals surface area contributed by atoms with E-state index in [1.54, 1.807) is 6.20 Å². The summed E-state index contributed by atoms with van der Waals surface area (Å²) < 4.78 is 0.699. The molecule has 3 aromatic heterocycles. The van der Waals surface area contributed by atoms with E-state index in [2.05, 4.69) is 20.1 Å². The number of fused-ring (bicyclic) bond motifs is 4. The number of aryl methyl sites for hydroxylation is 1. The maximum Gasteiger partial charge on any atom is 0.268 e. The number of aromatic nitrogens is 4. The largest absolute Gasteiger partial charge is 0.308 e. The van der Waals surface area contributed by atoms with Crippen molar-refractivity contribution >= 4 is 21.6 Å². The first-order valence-electron chi connectivity index (χ1n) is 8.47. The van der Waals surface area contributed by atoms with E-state index in [9.17, 15) is 4.79 Å². The van der Waals surface area contributed by atoms with E-state index in [0.29, 0.717) is 4.70 Å². The van der Waals surface area contributed by atoms with Crippen LogP contribution >= 0.6 is 11.3 Å². The second-order valence-corrected chi connectivity index (χ2v) is 7.97. The Morgan fingerprint density at radius 1 is 1.32 bits per heavy atom. The normalized spacial score (nSPS) is 25.2. The Labute approximate surface area is 150 Å². The number of thiophene rings is 1. The molecule has 6 rings (SSSR count). The molecule has 6 heterocycles. The highest BCUT2D eigenvalue weighted by Gasteiger charge is 2.35. The van der Waals surface area contributed by atoms with Crippen molar-refractivity contribution in [1.82, 2.24) is 25.1 Å². The monoisotopic (exact) mass is 357 g/mol. The van der Waals surface area contributed by atoms with Crippen molar-refractivity contribution in [3.63, 3.8) is 0 Å². The number of piperidine rings is 3. The summed E-state index contributed by atoms with van der Waals surface area (Å²) in [5.41, 5.74) is 2.83. The van der Waals surface area contributed by atoms with Gasteiger partial charge in [-0.2, -0.15) is 5.10 Å². The molecule has 6 nitrogen and oxygen atoms in total. The second-order valence-electron chi connectivity index (χ2n) is 6.92. The van der Waals surface area contributed by atoms with Crippen LogP contribution in [0.4, 0.5) is 0 Å². The minimum Gasteiger partial charge on any atom is -0.308 e. The van der Waals surface area contributed by atoms with Gasteiger partial charge in [-0.1, -0.05) is 7.43 Å². The van der Waals surface area contributed by atoms with Gasteiger partial charge in [0.15, 0.2) is 0 Å². The molecule has 3 aliphatic heterocycles. The number of hydrogen-bond donors (Lipinski definition) is 2. The van der Waals surface area contributed by atoms with Crippen molar-refractivity contribution in [1.29, 1.82) is 0 Å². The Morgan fingerprint density at radius 3 is 2.76 bits per heavy atom. The third-order valence-corrected chi connectivity index (χ3v) is 6.62. The average Bonchev–Trinajstić information content (AvgIpc) is 3.21. The number of aromatic amines is 2. The van der Waals surface area contributed by atoms with E-state index in [-0.39, 0.29) is 19.0 Å². The Morgan fingerprint density at radius 2 is 2.12 bits per heavy atom. The van der Waals surface area contributed by atoms with Crippen LogP contribution in [0.5, 0.6) is 0 Å². The van der Waals surface area contributed by atoms with Crippen LogP contribution in [-0.4, -0.2) is 38.2 Å². The summed E-state index contributed by atoms with van der Waals surface area (Å²) in [4.78, 5) is 24.0. The van der Waals surface area contributed by atoms with Crippen molar-refractivity contribution in [3.8, 4) is 10.4 Å². The number of nitrogens with zero attached hydrogens (tertiary/aromatic N) is 3. The molecule has 0 aliphatic carbocycles. The molecule has 0 amide bonds. The Bertz CT molecular complexity index is 963. The maximum absolute atomic E-state index is 12.6. The average molecular weight is 357 g/mol.